The highest BCUT2D eigenvalue weighted by Crippen LogP contribution is 2.29. The summed E-state index contributed by atoms with van der Waals surface area (Å²) in [6.45, 7) is 4.86. The molecule has 9 heteroatoms. The van der Waals surface area contributed by atoms with Gasteiger partial charge in [0.15, 0.2) is 16.6 Å². The number of hydrazone groups is 1. The average Bonchev–Trinajstić information content (AvgIpc) is 2.86. The summed E-state index contributed by atoms with van der Waals surface area (Å²) in [7, 11) is 0. The third kappa shape index (κ3) is 8.08. The Morgan fingerprint density at radius 1 is 1.00 bits per heavy atom. The van der Waals surface area contributed by atoms with Crippen LogP contribution in [-0.4, -0.2) is 30.5 Å². The Morgan fingerprint density at radius 3 is 2.43 bits per heavy atom. The highest BCUT2D eigenvalue weighted by atomic mass is 32.1. The lowest BCUT2D eigenvalue weighted by atomic mass is 10.2. The van der Waals surface area contributed by atoms with Crippen LogP contribution in [0.2, 0.25) is 0 Å². The summed E-state index contributed by atoms with van der Waals surface area (Å²) >= 11 is 5.18. The zero-order valence-electron chi connectivity index (χ0n) is 19.4. The van der Waals surface area contributed by atoms with Gasteiger partial charge in [-0.2, -0.15) is 5.10 Å². The van der Waals surface area contributed by atoms with Crippen molar-refractivity contribution in [1.29, 1.82) is 0 Å². The first-order chi connectivity index (χ1) is 17.0. The van der Waals surface area contributed by atoms with E-state index in [1.165, 1.54) is 12.1 Å². The number of benzene rings is 3. The second kappa shape index (κ2) is 13.0. The quantitative estimate of drug-likeness (QED) is 0.125. The Kier molecular flexibility index (Phi) is 9.56. The van der Waals surface area contributed by atoms with E-state index in [1.807, 2.05) is 13.8 Å². The van der Waals surface area contributed by atoms with Crippen molar-refractivity contribution in [1.82, 2.24) is 5.43 Å². The minimum Gasteiger partial charge on any atom is -0.494 e. The summed E-state index contributed by atoms with van der Waals surface area (Å²) < 4.78 is 29.7. The fourth-order valence-electron chi connectivity index (χ4n) is 2.88. The number of nitrogens with one attached hydrogen (secondary N) is 2. The number of carbonyl (C=O) groups is 1. The molecular formula is C26H26FN3O4S. The van der Waals surface area contributed by atoms with Crippen molar-refractivity contribution in [2.45, 2.75) is 20.3 Å². The molecule has 7 nitrogen and oxygen atoms in total. The van der Waals surface area contributed by atoms with Crippen molar-refractivity contribution in [3.05, 3.63) is 83.7 Å². The second-order valence-electron chi connectivity index (χ2n) is 7.23. The van der Waals surface area contributed by atoms with Crippen molar-refractivity contribution in [3.63, 3.8) is 0 Å². The summed E-state index contributed by atoms with van der Waals surface area (Å²) in [5.74, 6) is 0.555. The zero-order chi connectivity index (χ0) is 25.0. The summed E-state index contributed by atoms with van der Waals surface area (Å²) in [6, 6.07) is 17.6. The van der Waals surface area contributed by atoms with Crippen LogP contribution in [0.25, 0.3) is 0 Å². The van der Waals surface area contributed by atoms with Gasteiger partial charge in [0, 0.05) is 5.69 Å². The number of thiocarbonyl (C=S) groups is 1. The molecule has 2 N–H and O–H groups in total. The largest absolute Gasteiger partial charge is 0.494 e. The third-order valence-electron chi connectivity index (χ3n) is 4.51. The molecule has 0 saturated heterocycles. The van der Waals surface area contributed by atoms with Crippen LogP contribution in [0.3, 0.4) is 0 Å². The molecule has 0 aliphatic carbocycles. The molecule has 3 rings (SSSR count). The SMILES string of the molecule is CCCOc1ccc(C(=O)Oc2ccc(/C=N/NC(=S)Nc3ccc(F)cc3)cc2OCC)cc1. The van der Waals surface area contributed by atoms with E-state index in [2.05, 4.69) is 15.8 Å². The van der Waals surface area contributed by atoms with Crippen LogP contribution in [0.5, 0.6) is 17.2 Å². The van der Waals surface area contributed by atoms with Crippen LogP contribution in [0.4, 0.5) is 10.1 Å². The van der Waals surface area contributed by atoms with Crippen molar-refractivity contribution in [3.8, 4) is 17.2 Å². The molecule has 35 heavy (non-hydrogen) atoms. The Labute approximate surface area is 208 Å². The maximum absolute atomic E-state index is 13.0. The predicted octanol–water partition coefficient (Wildman–Crippen LogP) is 5.55. The van der Waals surface area contributed by atoms with Gasteiger partial charge < -0.3 is 19.5 Å². The molecule has 0 spiro atoms. The van der Waals surface area contributed by atoms with E-state index in [0.29, 0.717) is 47.3 Å². The van der Waals surface area contributed by atoms with E-state index in [9.17, 15) is 9.18 Å². The van der Waals surface area contributed by atoms with Crippen molar-refractivity contribution >= 4 is 35.2 Å². The molecule has 0 aliphatic heterocycles. The van der Waals surface area contributed by atoms with Gasteiger partial charge in [-0.25, -0.2) is 9.18 Å². The minimum absolute atomic E-state index is 0.245. The molecule has 0 aromatic heterocycles. The highest BCUT2D eigenvalue weighted by molar-refractivity contribution is 7.80. The van der Waals surface area contributed by atoms with Crippen LogP contribution < -0.4 is 25.0 Å². The van der Waals surface area contributed by atoms with Crippen LogP contribution >= 0.6 is 12.2 Å². The highest BCUT2D eigenvalue weighted by Gasteiger charge is 2.13. The third-order valence-corrected chi connectivity index (χ3v) is 4.71. The second-order valence-corrected chi connectivity index (χ2v) is 7.64. The predicted molar refractivity (Wildman–Crippen MR) is 138 cm³/mol. The van der Waals surface area contributed by atoms with Crippen LogP contribution in [0.15, 0.2) is 71.8 Å². The van der Waals surface area contributed by atoms with E-state index in [1.54, 1.807) is 60.8 Å². The molecule has 0 amide bonds. The standard InChI is InChI=1S/C26H26FN3O4S/c1-3-15-33-22-12-6-19(7-13-22)25(31)34-23-14-5-18(16-24(23)32-4-2)17-28-30-26(35)29-21-10-8-20(27)9-11-21/h5-14,16-17H,3-4,15H2,1-2H3,(H2,29,30,35)/b28-17+. The van der Waals surface area contributed by atoms with Crippen molar-refractivity contribution < 1.29 is 23.4 Å². The number of rotatable bonds is 10. The normalized spacial score (nSPS) is 10.6. The van der Waals surface area contributed by atoms with Gasteiger partial charge in [-0.1, -0.05) is 6.92 Å². The van der Waals surface area contributed by atoms with Gasteiger partial charge in [0.2, 0.25) is 0 Å². The summed E-state index contributed by atoms with van der Waals surface area (Å²) in [5, 5.41) is 7.24. The monoisotopic (exact) mass is 495 g/mol. The number of ether oxygens (including phenoxy) is 3. The zero-order valence-corrected chi connectivity index (χ0v) is 20.2. The maximum atomic E-state index is 13.0. The number of esters is 1. The Morgan fingerprint density at radius 2 is 1.74 bits per heavy atom. The molecule has 0 heterocycles. The first-order valence-electron chi connectivity index (χ1n) is 11.1. The van der Waals surface area contributed by atoms with Crippen LogP contribution in [0, 0.1) is 5.82 Å². The molecule has 182 valence electrons. The van der Waals surface area contributed by atoms with Gasteiger partial charge in [-0.3, -0.25) is 5.43 Å². The van der Waals surface area contributed by atoms with E-state index in [-0.39, 0.29) is 10.9 Å². The van der Waals surface area contributed by atoms with Gasteiger partial charge in [0.1, 0.15) is 11.6 Å². The van der Waals surface area contributed by atoms with E-state index < -0.39 is 5.97 Å². The lowest BCUT2D eigenvalue weighted by Crippen LogP contribution is -2.23. The molecule has 0 saturated carbocycles. The number of hydrogen-bond acceptors (Lipinski definition) is 6. The molecule has 0 bridgehead atoms. The lowest BCUT2D eigenvalue weighted by molar-refractivity contribution is 0.0728. The molecule has 3 aromatic carbocycles. The number of hydrogen-bond donors (Lipinski definition) is 2. The average molecular weight is 496 g/mol. The molecule has 3 aromatic rings. The van der Waals surface area contributed by atoms with Crippen LogP contribution in [-0.2, 0) is 0 Å². The Balaban J connectivity index is 1.61. The molecular weight excluding hydrogens is 469 g/mol. The number of anilines is 1. The Hall–Kier alpha value is -3.98. The first-order valence-corrected chi connectivity index (χ1v) is 11.5. The summed E-state index contributed by atoms with van der Waals surface area (Å²) in [6.07, 6.45) is 2.45. The number of carbonyl (C=O) groups excluding carboxylic acids is 1. The van der Waals surface area contributed by atoms with Crippen molar-refractivity contribution in [2.75, 3.05) is 18.5 Å². The molecule has 0 radical (unpaired) electrons. The van der Waals surface area contributed by atoms with Gasteiger partial charge in [0.25, 0.3) is 0 Å². The number of nitrogens with zero attached hydrogens (tertiary/aromatic N) is 1. The molecule has 0 aliphatic rings. The minimum atomic E-state index is -0.506. The van der Waals surface area contributed by atoms with Crippen LogP contribution in [0.1, 0.15) is 36.2 Å². The first kappa shape index (κ1) is 25.6. The van der Waals surface area contributed by atoms with Gasteiger partial charge in [-0.15, -0.1) is 0 Å². The van der Waals surface area contributed by atoms with E-state index >= 15 is 0 Å². The lowest BCUT2D eigenvalue weighted by Gasteiger charge is -2.12. The van der Waals surface area contributed by atoms with Crippen molar-refractivity contribution in [2.24, 2.45) is 5.10 Å². The fraction of sp³-hybridized carbons (Fsp3) is 0.192. The summed E-state index contributed by atoms with van der Waals surface area (Å²) in [5.41, 5.74) is 4.42. The Bertz CT molecular complexity index is 1170. The van der Waals surface area contributed by atoms with E-state index in [4.69, 9.17) is 26.4 Å². The number of halogens is 1. The summed E-state index contributed by atoms with van der Waals surface area (Å²) in [4.78, 5) is 12.6. The fourth-order valence-corrected chi connectivity index (χ4v) is 3.05. The van der Waals surface area contributed by atoms with Gasteiger partial charge in [-0.05, 0) is 97.9 Å². The smallest absolute Gasteiger partial charge is 0.343 e. The maximum Gasteiger partial charge on any atom is 0.343 e. The molecule has 0 unspecified atom stereocenters. The van der Waals surface area contributed by atoms with Gasteiger partial charge in [0.05, 0.1) is 25.0 Å². The molecule has 0 fully saturated rings. The van der Waals surface area contributed by atoms with E-state index in [0.717, 1.165) is 6.42 Å². The molecule has 0 atom stereocenters. The topological polar surface area (TPSA) is 81.2 Å². The van der Waals surface area contributed by atoms with Gasteiger partial charge >= 0.3 is 5.97 Å².